The summed E-state index contributed by atoms with van der Waals surface area (Å²) in [5.74, 6) is -1.81. The lowest BCUT2D eigenvalue weighted by Crippen LogP contribution is -2.27. The molecule has 2 aliphatic rings. The molecular weight excluding hydrogens is 438 g/mol. The van der Waals surface area contributed by atoms with E-state index in [9.17, 15) is 19.1 Å². The third-order valence-corrected chi connectivity index (χ3v) is 6.46. The predicted molar refractivity (Wildman–Crippen MR) is 114 cm³/mol. The van der Waals surface area contributed by atoms with E-state index in [1.807, 2.05) is 0 Å². The Morgan fingerprint density at radius 1 is 1.45 bits per heavy atom. The molecule has 1 saturated heterocycles. The van der Waals surface area contributed by atoms with Gasteiger partial charge in [0.15, 0.2) is 11.6 Å². The molecule has 2 aromatic heterocycles. The Bertz CT molecular complexity index is 1290. The highest BCUT2D eigenvalue weighted by molar-refractivity contribution is 5.97. The van der Waals surface area contributed by atoms with Crippen molar-refractivity contribution in [1.29, 1.82) is 0 Å². The number of nitrogens with zero attached hydrogens (tertiary/aromatic N) is 3. The standard InChI is InChI=1S/C22H22F2N4O5/c1-32-20-17-11(19(29)12(22(30)31)9-28(17)15-7-13(15)23)6-14(24)18(20)27-4-2-10(8-27)16(25)21-26-3-5-33-21/h3,5-6,9-10,13,15-16H,2,4,7-8,25H2,1H3,(H,30,31). The Balaban J connectivity index is 1.63. The second kappa shape index (κ2) is 7.84. The SMILES string of the molecule is COc1c(N2CCC(C(N)c3ncco3)C2)c(F)cc2c(=O)c(C(=O)O)cn(C3CC3F)c12. The van der Waals surface area contributed by atoms with Gasteiger partial charge < -0.3 is 29.5 Å². The summed E-state index contributed by atoms with van der Waals surface area (Å²) in [6, 6.07) is -0.118. The van der Waals surface area contributed by atoms with Crippen LogP contribution in [0.25, 0.3) is 10.9 Å². The number of fused-ring (bicyclic) bond motifs is 1. The number of benzene rings is 1. The molecule has 5 rings (SSSR count). The fraction of sp³-hybridized carbons (Fsp3) is 0.409. The van der Waals surface area contributed by atoms with Crippen molar-refractivity contribution in [3.8, 4) is 5.75 Å². The van der Waals surface area contributed by atoms with Crippen LogP contribution in [0.5, 0.6) is 5.75 Å². The lowest BCUT2D eigenvalue weighted by Gasteiger charge is -2.25. The summed E-state index contributed by atoms with van der Waals surface area (Å²) in [6.45, 7) is 0.847. The number of rotatable bonds is 6. The maximum Gasteiger partial charge on any atom is 0.341 e. The number of carbonyl (C=O) groups is 1. The van der Waals surface area contributed by atoms with E-state index < -0.39 is 41.0 Å². The number of aromatic nitrogens is 2. The molecule has 1 aliphatic carbocycles. The number of oxazole rings is 1. The van der Waals surface area contributed by atoms with Gasteiger partial charge in [0.25, 0.3) is 0 Å². The predicted octanol–water partition coefficient (Wildman–Crippen LogP) is 2.64. The van der Waals surface area contributed by atoms with Crippen molar-refractivity contribution in [1.82, 2.24) is 9.55 Å². The van der Waals surface area contributed by atoms with Crippen LogP contribution in [0.4, 0.5) is 14.5 Å². The number of ether oxygens (including phenoxy) is 1. The van der Waals surface area contributed by atoms with E-state index in [2.05, 4.69) is 4.98 Å². The Hall–Kier alpha value is -3.47. The van der Waals surface area contributed by atoms with E-state index in [1.54, 1.807) is 4.90 Å². The second-order valence-corrected chi connectivity index (χ2v) is 8.43. The third-order valence-electron chi connectivity index (χ3n) is 6.46. The minimum atomic E-state index is -1.46. The van der Waals surface area contributed by atoms with Crippen molar-refractivity contribution in [3.63, 3.8) is 0 Å². The molecule has 1 aromatic carbocycles. The summed E-state index contributed by atoms with van der Waals surface area (Å²) in [5, 5.41) is 9.27. The molecule has 3 heterocycles. The number of hydrogen-bond donors (Lipinski definition) is 2. The normalized spacial score (nSPS) is 23.2. The highest BCUT2D eigenvalue weighted by Gasteiger charge is 2.41. The van der Waals surface area contributed by atoms with Crippen molar-refractivity contribution >= 4 is 22.6 Å². The summed E-state index contributed by atoms with van der Waals surface area (Å²) in [5.41, 5.74) is 5.19. The van der Waals surface area contributed by atoms with E-state index in [1.165, 1.54) is 24.1 Å². The van der Waals surface area contributed by atoms with E-state index >= 15 is 4.39 Å². The molecule has 1 saturated carbocycles. The smallest absolute Gasteiger partial charge is 0.341 e. The summed E-state index contributed by atoms with van der Waals surface area (Å²) in [6.07, 6.45) is 3.69. The molecule has 0 amide bonds. The van der Waals surface area contributed by atoms with Crippen LogP contribution in [0.15, 0.2) is 33.9 Å². The molecule has 4 unspecified atom stereocenters. The van der Waals surface area contributed by atoms with Crippen LogP contribution in [-0.2, 0) is 0 Å². The molecule has 3 N–H and O–H groups in total. The molecule has 3 aromatic rings. The minimum absolute atomic E-state index is 0.0588. The largest absolute Gasteiger partial charge is 0.492 e. The first kappa shape index (κ1) is 21.4. The Morgan fingerprint density at radius 3 is 2.82 bits per heavy atom. The minimum Gasteiger partial charge on any atom is -0.492 e. The van der Waals surface area contributed by atoms with Gasteiger partial charge in [-0.3, -0.25) is 4.79 Å². The van der Waals surface area contributed by atoms with Gasteiger partial charge in [-0.1, -0.05) is 0 Å². The Morgan fingerprint density at radius 2 is 2.21 bits per heavy atom. The monoisotopic (exact) mass is 460 g/mol. The van der Waals surface area contributed by atoms with Crippen LogP contribution in [0.2, 0.25) is 0 Å². The molecular formula is C22H22F2N4O5. The maximum atomic E-state index is 15.4. The number of pyridine rings is 1. The molecule has 0 spiro atoms. The number of alkyl halides is 1. The summed E-state index contributed by atoms with van der Waals surface area (Å²) in [4.78, 5) is 30.3. The van der Waals surface area contributed by atoms with Crippen LogP contribution in [0.3, 0.4) is 0 Å². The van der Waals surface area contributed by atoms with Gasteiger partial charge in [-0.2, -0.15) is 0 Å². The fourth-order valence-electron chi connectivity index (χ4n) is 4.67. The van der Waals surface area contributed by atoms with Crippen molar-refractivity contribution < 1.29 is 27.8 Å². The van der Waals surface area contributed by atoms with E-state index in [-0.39, 0.29) is 34.7 Å². The van der Waals surface area contributed by atoms with Gasteiger partial charge in [0, 0.05) is 31.6 Å². The summed E-state index contributed by atoms with van der Waals surface area (Å²) >= 11 is 0. The highest BCUT2D eigenvalue weighted by Crippen LogP contribution is 2.46. The van der Waals surface area contributed by atoms with Crippen molar-refractivity contribution in [2.45, 2.75) is 31.1 Å². The molecule has 0 radical (unpaired) electrons. The van der Waals surface area contributed by atoms with Crippen molar-refractivity contribution in [2.24, 2.45) is 11.7 Å². The number of carboxylic acids is 1. The third kappa shape index (κ3) is 3.43. The number of nitrogens with two attached hydrogens (primary N) is 1. The van der Waals surface area contributed by atoms with Gasteiger partial charge in [0.2, 0.25) is 11.3 Å². The molecule has 174 valence electrons. The first-order valence-electron chi connectivity index (χ1n) is 10.5. The van der Waals surface area contributed by atoms with E-state index in [0.29, 0.717) is 25.4 Å². The lowest BCUT2D eigenvalue weighted by molar-refractivity contribution is 0.0694. The number of anilines is 1. The molecule has 11 heteroatoms. The quantitative estimate of drug-likeness (QED) is 0.575. The van der Waals surface area contributed by atoms with Gasteiger partial charge in [-0.05, 0) is 12.5 Å². The molecule has 33 heavy (non-hydrogen) atoms. The second-order valence-electron chi connectivity index (χ2n) is 8.43. The molecule has 1 aliphatic heterocycles. The highest BCUT2D eigenvalue weighted by atomic mass is 19.1. The van der Waals surface area contributed by atoms with E-state index in [0.717, 1.165) is 12.3 Å². The Labute approximate surface area is 186 Å². The average molecular weight is 460 g/mol. The maximum absolute atomic E-state index is 15.4. The average Bonchev–Trinajstić information content (AvgIpc) is 3.18. The molecule has 4 atom stereocenters. The molecule has 9 nitrogen and oxygen atoms in total. The summed E-state index contributed by atoms with van der Waals surface area (Å²) in [7, 11) is 1.34. The van der Waals surface area contributed by atoms with Gasteiger partial charge >= 0.3 is 5.97 Å². The molecule has 0 bridgehead atoms. The zero-order valence-electron chi connectivity index (χ0n) is 17.7. The van der Waals surface area contributed by atoms with Crippen LogP contribution in [-0.4, -0.2) is 47.0 Å². The van der Waals surface area contributed by atoms with E-state index in [4.69, 9.17) is 14.9 Å². The number of halogens is 2. The first-order valence-corrected chi connectivity index (χ1v) is 10.5. The van der Waals surface area contributed by atoms with Gasteiger partial charge in [0.1, 0.15) is 23.7 Å². The van der Waals surface area contributed by atoms with Crippen LogP contribution < -0.4 is 20.8 Å². The number of methoxy groups -OCH3 is 1. The van der Waals surface area contributed by atoms with Crippen molar-refractivity contribution in [3.05, 3.63) is 52.2 Å². The van der Waals surface area contributed by atoms with Crippen LogP contribution in [0.1, 0.15) is 41.2 Å². The van der Waals surface area contributed by atoms with Gasteiger partial charge in [0.05, 0.1) is 36.3 Å². The molecule has 2 fully saturated rings. The van der Waals surface area contributed by atoms with Gasteiger partial charge in [-0.15, -0.1) is 0 Å². The van der Waals surface area contributed by atoms with Crippen molar-refractivity contribution in [2.75, 3.05) is 25.1 Å². The fourth-order valence-corrected chi connectivity index (χ4v) is 4.67. The number of aromatic carboxylic acids is 1. The van der Waals surface area contributed by atoms with Crippen LogP contribution in [0, 0.1) is 11.7 Å². The zero-order valence-corrected chi connectivity index (χ0v) is 17.7. The Kier molecular flexibility index (Phi) is 5.08. The number of carboxylic acid groups (broad SMARTS) is 1. The number of hydrogen-bond acceptors (Lipinski definition) is 7. The zero-order chi connectivity index (χ0) is 23.4. The topological polar surface area (TPSA) is 124 Å². The van der Waals surface area contributed by atoms with Crippen LogP contribution >= 0.6 is 0 Å². The summed E-state index contributed by atoms with van der Waals surface area (Å²) < 4.78 is 41.7. The lowest BCUT2D eigenvalue weighted by atomic mass is 10.00. The first-order chi connectivity index (χ1) is 15.8. The van der Waals surface area contributed by atoms with Gasteiger partial charge in [-0.25, -0.2) is 18.6 Å².